The van der Waals surface area contributed by atoms with Gasteiger partial charge < -0.3 is 10.1 Å². The van der Waals surface area contributed by atoms with Gasteiger partial charge in [-0.15, -0.1) is 0 Å². The molecular formula is C21H22ClN5O4S. The molecule has 168 valence electrons. The molecule has 0 spiro atoms. The fraction of sp³-hybridized carbons (Fsp3) is 0.238. The number of morpholine rings is 1. The minimum Gasteiger partial charge on any atom is -0.379 e. The van der Waals surface area contributed by atoms with Crippen molar-refractivity contribution in [3.8, 4) is 11.3 Å². The second kappa shape index (κ2) is 9.29. The normalized spacial score (nSPS) is 14.8. The topological polar surface area (TPSA) is 106 Å². The highest BCUT2D eigenvalue weighted by Gasteiger charge is 2.27. The minimum atomic E-state index is -3.72. The van der Waals surface area contributed by atoms with Crippen LogP contribution in [0.15, 0.2) is 59.5 Å². The van der Waals surface area contributed by atoms with Gasteiger partial charge in [-0.3, -0.25) is 10.00 Å². The number of hydrogen-bond acceptors (Lipinski definition) is 5. The molecule has 0 saturated carbocycles. The zero-order valence-electron chi connectivity index (χ0n) is 17.3. The van der Waals surface area contributed by atoms with Crippen molar-refractivity contribution in [2.45, 2.75) is 4.90 Å². The number of anilines is 2. The van der Waals surface area contributed by atoms with Gasteiger partial charge in [0.05, 0.1) is 34.5 Å². The van der Waals surface area contributed by atoms with Gasteiger partial charge in [-0.2, -0.15) is 9.40 Å². The standard InChI is InChI=1S/C21H22ClN5O4S/c1-26-19(15-5-3-2-4-6-15)14-20(25-26)24-21(28)23-18-13-16(7-8-17(18)22)32(29,30)27-9-11-31-12-10-27/h2-8,13-14H,9-12H2,1H3,(H2,23,24,25,28). The number of carbonyl (C=O) groups is 1. The van der Waals surface area contributed by atoms with E-state index in [1.54, 1.807) is 17.8 Å². The van der Waals surface area contributed by atoms with Gasteiger partial charge >= 0.3 is 6.03 Å². The first-order valence-corrected chi connectivity index (χ1v) is 11.7. The summed E-state index contributed by atoms with van der Waals surface area (Å²) in [6.45, 7) is 1.24. The van der Waals surface area contributed by atoms with Crippen LogP contribution in [0.5, 0.6) is 0 Å². The Hall–Kier alpha value is -2.92. The predicted octanol–water partition coefficient (Wildman–Crippen LogP) is 3.41. The van der Waals surface area contributed by atoms with Crippen LogP contribution in [0.4, 0.5) is 16.3 Å². The molecule has 11 heteroatoms. The largest absolute Gasteiger partial charge is 0.379 e. The molecule has 0 unspecified atom stereocenters. The summed E-state index contributed by atoms with van der Waals surface area (Å²) in [5.41, 5.74) is 1.97. The van der Waals surface area contributed by atoms with Gasteiger partial charge in [0.25, 0.3) is 0 Å². The molecule has 9 nitrogen and oxygen atoms in total. The Labute approximate surface area is 191 Å². The van der Waals surface area contributed by atoms with Gasteiger partial charge in [-0.25, -0.2) is 13.2 Å². The molecule has 3 aromatic rings. The lowest BCUT2D eigenvalue weighted by molar-refractivity contribution is 0.0730. The van der Waals surface area contributed by atoms with Gasteiger partial charge in [-0.1, -0.05) is 41.9 Å². The number of urea groups is 1. The van der Waals surface area contributed by atoms with Gasteiger partial charge in [0.1, 0.15) is 0 Å². The van der Waals surface area contributed by atoms with E-state index in [9.17, 15) is 13.2 Å². The first-order chi connectivity index (χ1) is 15.3. The molecule has 2 N–H and O–H groups in total. The quantitative estimate of drug-likeness (QED) is 0.588. The number of aryl methyl sites for hydroxylation is 1. The second-order valence-corrected chi connectivity index (χ2v) is 9.49. The lowest BCUT2D eigenvalue weighted by Crippen LogP contribution is -2.40. The second-order valence-electron chi connectivity index (χ2n) is 7.14. The minimum absolute atomic E-state index is 0.0447. The van der Waals surface area contributed by atoms with Crippen LogP contribution >= 0.6 is 11.6 Å². The molecule has 1 fully saturated rings. The third kappa shape index (κ3) is 4.78. The average Bonchev–Trinajstić information content (AvgIpc) is 3.16. The summed E-state index contributed by atoms with van der Waals surface area (Å²) in [6.07, 6.45) is 0. The number of hydrogen-bond donors (Lipinski definition) is 2. The summed E-state index contributed by atoms with van der Waals surface area (Å²) in [5.74, 6) is 0.345. The van der Waals surface area contributed by atoms with Crippen LogP contribution in [0.1, 0.15) is 0 Å². The van der Waals surface area contributed by atoms with Crippen molar-refractivity contribution < 1.29 is 17.9 Å². The molecule has 0 aliphatic carbocycles. The van der Waals surface area contributed by atoms with Crippen LogP contribution in [-0.4, -0.2) is 54.8 Å². The number of carbonyl (C=O) groups excluding carboxylic acids is 1. The molecule has 2 aromatic carbocycles. The number of rotatable bonds is 5. The third-order valence-electron chi connectivity index (χ3n) is 4.98. The molecule has 1 aromatic heterocycles. The average molecular weight is 476 g/mol. The predicted molar refractivity (Wildman–Crippen MR) is 122 cm³/mol. The summed E-state index contributed by atoms with van der Waals surface area (Å²) in [5, 5.41) is 9.78. The summed E-state index contributed by atoms with van der Waals surface area (Å²) in [4.78, 5) is 12.6. The van der Waals surface area contributed by atoms with Crippen molar-refractivity contribution in [3.05, 3.63) is 59.6 Å². The van der Waals surface area contributed by atoms with E-state index in [4.69, 9.17) is 16.3 Å². The highest BCUT2D eigenvalue weighted by molar-refractivity contribution is 7.89. The fourth-order valence-electron chi connectivity index (χ4n) is 3.37. The Bertz CT molecular complexity index is 1220. The number of ether oxygens (including phenoxy) is 1. The molecule has 0 bridgehead atoms. The Kier molecular flexibility index (Phi) is 6.47. The number of amides is 2. The molecule has 2 amide bonds. The Morgan fingerprint density at radius 3 is 2.50 bits per heavy atom. The van der Waals surface area contributed by atoms with Gasteiger partial charge in [0, 0.05) is 26.2 Å². The van der Waals surface area contributed by atoms with Crippen LogP contribution in [-0.2, 0) is 21.8 Å². The molecule has 0 atom stereocenters. The van der Waals surface area contributed by atoms with E-state index >= 15 is 0 Å². The number of nitrogens with zero attached hydrogens (tertiary/aromatic N) is 3. The zero-order valence-corrected chi connectivity index (χ0v) is 18.9. The van der Waals surface area contributed by atoms with Crippen LogP contribution in [0.25, 0.3) is 11.3 Å². The van der Waals surface area contributed by atoms with Crippen LogP contribution in [0.3, 0.4) is 0 Å². The molecule has 1 aliphatic heterocycles. The van der Waals surface area contributed by atoms with E-state index in [1.807, 2.05) is 30.3 Å². The maximum atomic E-state index is 12.9. The monoisotopic (exact) mass is 475 g/mol. The van der Waals surface area contributed by atoms with Crippen molar-refractivity contribution in [2.75, 3.05) is 36.9 Å². The number of nitrogens with one attached hydrogen (secondary N) is 2. The number of aromatic nitrogens is 2. The van der Waals surface area contributed by atoms with Crippen LogP contribution in [0, 0.1) is 0 Å². The maximum absolute atomic E-state index is 12.9. The molecule has 2 heterocycles. The summed E-state index contributed by atoms with van der Waals surface area (Å²) >= 11 is 6.20. The van der Waals surface area contributed by atoms with Crippen LogP contribution in [0.2, 0.25) is 5.02 Å². The van der Waals surface area contributed by atoms with Gasteiger partial charge in [0.2, 0.25) is 10.0 Å². The van der Waals surface area contributed by atoms with E-state index in [2.05, 4.69) is 15.7 Å². The maximum Gasteiger partial charge on any atom is 0.324 e. The number of benzene rings is 2. The molecular weight excluding hydrogens is 454 g/mol. The van der Waals surface area contributed by atoms with E-state index < -0.39 is 16.1 Å². The van der Waals surface area contributed by atoms with Crippen molar-refractivity contribution in [1.82, 2.24) is 14.1 Å². The van der Waals surface area contributed by atoms with Crippen molar-refractivity contribution in [1.29, 1.82) is 0 Å². The first kappa shape index (κ1) is 22.3. The highest BCUT2D eigenvalue weighted by Crippen LogP contribution is 2.28. The summed E-state index contributed by atoms with van der Waals surface area (Å²) in [6, 6.07) is 15.0. The fourth-order valence-corrected chi connectivity index (χ4v) is 4.97. The molecule has 1 saturated heterocycles. The van der Waals surface area contributed by atoms with Crippen molar-refractivity contribution >= 4 is 39.2 Å². The molecule has 32 heavy (non-hydrogen) atoms. The Morgan fingerprint density at radius 1 is 1.06 bits per heavy atom. The summed E-state index contributed by atoms with van der Waals surface area (Å²) < 4.78 is 34.0. The van der Waals surface area contributed by atoms with Crippen molar-refractivity contribution in [3.63, 3.8) is 0 Å². The first-order valence-electron chi connectivity index (χ1n) is 9.89. The SMILES string of the molecule is Cn1nc(NC(=O)Nc2cc(S(=O)(=O)N3CCOCC3)ccc2Cl)cc1-c1ccccc1. The Morgan fingerprint density at radius 2 is 1.78 bits per heavy atom. The van der Waals surface area contributed by atoms with Gasteiger partial charge in [0.15, 0.2) is 5.82 Å². The van der Waals surface area contributed by atoms with E-state index in [-0.39, 0.29) is 28.7 Å². The number of halogens is 1. The third-order valence-corrected chi connectivity index (χ3v) is 7.21. The van der Waals surface area contributed by atoms with E-state index in [0.717, 1.165) is 11.3 Å². The molecule has 0 radical (unpaired) electrons. The smallest absolute Gasteiger partial charge is 0.324 e. The van der Waals surface area contributed by atoms with Gasteiger partial charge in [-0.05, 0) is 23.8 Å². The molecule has 1 aliphatic rings. The zero-order chi connectivity index (χ0) is 22.7. The summed E-state index contributed by atoms with van der Waals surface area (Å²) in [7, 11) is -1.94. The lowest BCUT2D eigenvalue weighted by Gasteiger charge is -2.26. The van der Waals surface area contributed by atoms with Crippen molar-refractivity contribution in [2.24, 2.45) is 7.05 Å². The van der Waals surface area contributed by atoms with E-state index in [0.29, 0.717) is 19.0 Å². The van der Waals surface area contributed by atoms with E-state index in [1.165, 1.54) is 22.5 Å². The Balaban J connectivity index is 1.50. The number of sulfonamides is 1. The molecule has 4 rings (SSSR count). The highest BCUT2D eigenvalue weighted by atomic mass is 35.5. The van der Waals surface area contributed by atoms with Crippen LogP contribution < -0.4 is 10.6 Å². The lowest BCUT2D eigenvalue weighted by atomic mass is 10.1.